The Kier molecular flexibility index (Phi) is 3.79. The molecule has 0 aromatic carbocycles. The van der Waals surface area contributed by atoms with Gasteiger partial charge in [0.25, 0.3) is 5.91 Å². The first-order valence-electron chi connectivity index (χ1n) is 4.93. The smallest absolute Gasteiger partial charge is 0.256 e. The Morgan fingerprint density at radius 1 is 1.33 bits per heavy atom. The molecule has 0 aliphatic carbocycles. The minimum absolute atomic E-state index is 0.298. The Morgan fingerprint density at radius 3 is 2.20 bits per heavy atom. The van der Waals surface area contributed by atoms with Crippen molar-refractivity contribution >= 4 is 17.7 Å². The molecule has 1 saturated heterocycles. The molecule has 3 amide bonds. The Balaban J connectivity index is 2.83. The van der Waals surface area contributed by atoms with Gasteiger partial charge in [-0.2, -0.15) is 0 Å². The second-order valence-corrected chi connectivity index (χ2v) is 3.55. The first kappa shape index (κ1) is 11.6. The van der Waals surface area contributed by atoms with Crippen molar-refractivity contribution in [2.24, 2.45) is 5.84 Å². The molecular weight excluding hydrogens is 198 g/mol. The molecule has 0 bridgehead atoms. The van der Waals surface area contributed by atoms with E-state index >= 15 is 0 Å². The molecule has 6 nitrogen and oxygen atoms in total. The molecule has 1 heterocycles. The van der Waals surface area contributed by atoms with Gasteiger partial charge in [-0.15, -0.1) is 0 Å². The molecule has 0 saturated carbocycles. The van der Waals surface area contributed by atoms with Crippen LogP contribution in [-0.2, 0) is 14.4 Å². The number of hydrogen-bond acceptors (Lipinski definition) is 4. The number of imide groups is 1. The molecule has 3 N–H and O–H groups in total. The number of likely N-dealkylation sites (tertiary alicyclic amines) is 1. The van der Waals surface area contributed by atoms with Gasteiger partial charge in [0.05, 0.1) is 0 Å². The van der Waals surface area contributed by atoms with Gasteiger partial charge >= 0.3 is 0 Å². The molecule has 0 aromatic rings. The highest BCUT2D eigenvalue weighted by Crippen LogP contribution is 2.15. The molecule has 15 heavy (non-hydrogen) atoms. The van der Waals surface area contributed by atoms with E-state index in [0.717, 1.165) is 4.90 Å². The molecule has 1 rings (SSSR count). The van der Waals surface area contributed by atoms with E-state index in [2.05, 4.69) is 0 Å². The lowest BCUT2D eigenvalue weighted by molar-refractivity contribution is -0.150. The summed E-state index contributed by atoms with van der Waals surface area (Å²) in [5, 5.41) is 0. The zero-order valence-corrected chi connectivity index (χ0v) is 8.66. The number of nitrogens with zero attached hydrogens (tertiary/aromatic N) is 1. The third-order valence-corrected chi connectivity index (χ3v) is 2.48. The average molecular weight is 213 g/mol. The number of hydrogen-bond donors (Lipinski definition) is 2. The lowest BCUT2D eigenvalue weighted by Gasteiger charge is -2.24. The predicted octanol–water partition coefficient (Wildman–Crippen LogP) is -0.706. The largest absolute Gasteiger partial charge is 0.292 e. The summed E-state index contributed by atoms with van der Waals surface area (Å²) in [5.74, 6) is 3.84. The quantitative estimate of drug-likeness (QED) is 0.274. The number of rotatable bonds is 2. The zero-order chi connectivity index (χ0) is 11.4. The van der Waals surface area contributed by atoms with Gasteiger partial charge in [-0.25, -0.2) is 5.84 Å². The van der Waals surface area contributed by atoms with Crippen molar-refractivity contribution in [1.82, 2.24) is 10.3 Å². The summed E-state index contributed by atoms with van der Waals surface area (Å²) in [6.07, 6.45) is 2.01. The number of carbonyl (C=O) groups is 3. The number of nitrogens with one attached hydrogen (secondary N) is 1. The van der Waals surface area contributed by atoms with Crippen molar-refractivity contribution in [3.05, 3.63) is 0 Å². The highest BCUT2D eigenvalue weighted by Gasteiger charge is 2.31. The van der Waals surface area contributed by atoms with Gasteiger partial charge in [0.2, 0.25) is 11.8 Å². The van der Waals surface area contributed by atoms with Crippen LogP contribution in [0.5, 0.6) is 0 Å². The SMILES string of the molecule is CC(C(=O)NN)N1C(=O)CCCCC1=O. The maximum Gasteiger partial charge on any atom is 0.256 e. The van der Waals surface area contributed by atoms with Crippen LogP contribution < -0.4 is 11.3 Å². The monoisotopic (exact) mass is 213 g/mol. The van der Waals surface area contributed by atoms with Gasteiger partial charge in [0, 0.05) is 12.8 Å². The zero-order valence-electron chi connectivity index (χ0n) is 8.66. The molecule has 1 fully saturated rings. The van der Waals surface area contributed by atoms with Crippen LogP contribution in [0.2, 0.25) is 0 Å². The van der Waals surface area contributed by atoms with Crippen LogP contribution in [-0.4, -0.2) is 28.7 Å². The molecule has 1 aliphatic heterocycles. The number of amides is 3. The van der Waals surface area contributed by atoms with E-state index in [1.165, 1.54) is 6.92 Å². The lowest BCUT2D eigenvalue weighted by atomic mass is 10.2. The second-order valence-electron chi connectivity index (χ2n) is 3.55. The normalized spacial score (nSPS) is 19.7. The number of carbonyl (C=O) groups excluding carboxylic acids is 3. The second kappa shape index (κ2) is 4.88. The number of nitrogens with two attached hydrogens (primary N) is 1. The summed E-state index contributed by atoms with van der Waals surface area (Å²) < 4.78 is 0. The minimum Gasteiger partial charge on any atom is -0.292 e. The first-order valence-corrected chi connectivity index (χ1v) is 4.93. The molecule has 1 atom stereocenters. The summed E-state index contributed by atoms with van der Waals surface area (Å²) in [6, 6.07) is -0.826. The Bertz CT molecular complexity index is 272. The van der Waals surface area contributed by atoms with Crippen molar-refractivity contribution in [2.45, 2.75) is 38.6 Å². The summed E-state index contributed by atoms with van der Waals surface area (Å²) in [5.41, 5.74) is 1.94. The van der Waals surface area contributed by atoms with Crippen molar-refractivity contribution in [3.63, 3.8) is 0 Å². The van der Waals surface area contributed by atoms with E-state index in [-0.39, 0.29) is 11.8 Å². The molecule has 1 unspecified atom stereocenters. The third-order valence-electron chi connectivity index (χ3n) is 2.48. The van der Waals surface area contributed by atoms with Gasteiger partial charge < -0.3 is 0 Å². The maximum atomic E-state index is 11.6. The van der Waals surface area contributed by atoms with E-state index in [4.69, 9.17) is 5.84 Å². The van der Waals surface area contributed by atoms with Crippen molar-refractivity contribution in [1.29, 1.82) is 0 Å². The van der Waals surface area contributed by atoms with Crippen LogP contribution in [0, 0.1) is 0 Å². The lowest BCUT2D eigenvalue weighted by Crippen LogP contribution is -2.51. The predicted molar refractivity (Wildman–Crippen MR) is 52.1 cm³/mol. The van der Waals surface area contributed by atoms with Crippen LogP contribution in [0.4, 0.5) is 0 Å². The van der Waals surface area contributed by atoms with E-state index < -0.39 is 11.9 Å². The Hall–Kier alpha value is -1.43. The maximum absolute atomic E-state index is 11.6. The van der Waals surface area contributed by atoms with Gasteiger partial charge in [0.1, 0.15) is 6.04 Å². The highest BCUT2D eigenvalue weighted by atomic mass is 16.2. The Morgan fingerprint density at radius 2 is 1.80 bits per heavy atom. The van der Waals surface area contributed by atoms with E-state index in [1.54, 1.807) is 0 Å². The van der Waals surface area contributed by atoms with Crippen LogP contribution in [0.3, 0.4) is 0 Å². The summed E-state index contributed by atoms with van der Waals surface area (Å²) in [6.45, 7) is 1.49. The molecule has 0 radical (unpaired) electrons. The standard InChI is InChI=1S/C9H15N3O3/c1-6(9(15)11-10)12-7(13)4-2-3-5-8(12)14/h6H,2-5,10H2,1H3,(H,11,15). The van der Waals surface area contributed by atoms with E-state index in [1.807, 2.05) is 5.43 Å². The van der Waals surface area contributed by atoms with Crippen molar-refractivity contribution in [3.8, 4) is 0 Å². The highest BCUT2D eigenvalue weighted by molar-refractivity contribution is 6.00. The van der Waals surface area contributed by atoms with Gasteiger partial charge in [-0.1, -0.05) is 0 Å². The van der Waals surface area contributed by atoms with Gasteiger partial charge in [0.15, 0.2) is 0 Å². The van der Waals surface area contributed by atoms with Crippen molar-refractivity contribution in [2.75, 3.05) is 0 Å². The van der Waals surface area contributed by atoms with E-state index in [9.17, 15) is 14.4 Å². The fraction of sp³-hybridized carbons (Fsp3) is 0.667. The first-order chi connectivity index (χ1) is 7.07. The fourth-order valence-electron chi connectivity index (χ4n) is 1.60. The van der Waals surface area contributed by atoms with Crippen LogP contribution in [0.15, 0.2) is 0 Å². The van der Waals surface area contributed by atoms with Gasteiger partial charge in [-0.3, -0.25) is 24.7 Å². The fourth-order valence-corrected chi connectivity index (χ4v) is 1.60. The molecule has 6 heteroatoms. The topological polar surface area (TPSA) is 92.5 Å². The summed E-state index contributed by atoms with van der Waals surface area (Å²) >= 11 is 0. The molecule has 84 valence electrons. The van der Waals surface area contributed by atoms with Crippen LogP contribution >= 0.6 is 0 Å². The molecule has 0 spiro atoms. The van der Waals surface area contributed by atoms with Crippen LogP contribution in [0.1, 0.15) is 32.6 Å². The van der Waals surface area contributed by atoms with E-state index in [0.29, 0.717) is 25.7 Å². The number of hydrazine groups is 1. The summed E-state index contributed by atoms with van der Waals surface area (Å²) in [7, 11) is 0. The third kappa shape index (κ3) is 2.53. The van der Waals surface area contributed by atoms with Crippen molar-refractivity contribution < 1.29 is 14.4 Å². The average Bonchev–Trinajstić information content (AvgIpc) is 2.38. The van der Waals surface area contributed by atoms with Gasteiger partial charge in [-0.05, 0) is 19.8 Å². The minimum atomic E-state index is -0.826. The Labute approximate surface area is 87.8 Å². The van der Waals surface area contributed by atoms with Crippen LogP contribution in [0.25, 0.3) is 0 Å². The summed E-state index contributed by atoms with van der Waals surface area (Å²) in [4.78, 5) is 35.4. The molecular formula is C9H15N3O3. The molecule has 0 aromatic heterocycles. The molecule has 1 aliphatic rings.